The zero-order chi connectivity index (χ0) is 8.20. The average Bonchev–Trinajstić information content (AvgIpc) is 1.80. The summed E-state index contributed by atoms with van der Waals surface area (Å²) in [5.74, 6) is 0.130. The first-order valence-electron chi connectivity index (χ1n) is 3.60. The molecule has 0 aromatic carbocycles. The Bertz CT molecular complexity index is 109. The summed E-state index contributed by atoms with van der Waals surface area (Å²) in [6.45, 7) is 7.15. The summed E-state index contributed by atoms with van der Waals surface area (Å²) in [4.78, 5) is 0. The fourth-order valence-corrected chi connectivity index (χ4v) is 0.660. The van der Waals surface area contributed by atoms with Crippen LogP contribution in [0, 0.1) is 5.92 Å². The van der Waals surface area contributed by atoms with Crippen molar-refractivity contribution in [2.75, 3.05) is 0 Å². The molecule has 0 fully saturated rings. The third-order valence-electron chi connectivity index (χ3n) is 1.80. The highest BCUT2D eigenvalue weighted by atomic mass is 35.5. The lowest BCUT2D eigenvalue weighted by Gasteiger charge is -2.24. The maximum absolute atomic E-state index is 9.26. The first-order chi connectivity index (χ1) is 4.48. The van der Waals surface area contributed by atoms with Crippen molar-refractivity contribution in [3.63, 3.8) is 0 Å². The molecule has 0 spiro atoms. The minimum atomic E-state index is -1.04. The van der Waals surface area contributed by atoms with Crippen molar-refractivity contribution in [1.82, 2.24) is 0 Å². The molecule has 0 heterocycles. The molecule has 0 aliphatic carbocycles. The molecule has 0 aromatic heterocycles. The molecule has 0 radical (unpaired) electrons. The zero-order valence-electron chi connectivity index (χ0n) is 7.21. The summed E-state index contributed by atoms with van der Waals surface area (Å²) >= 11 is 0. The Balaban J connectivity index is 0. The van der Waals surface area contributed by atoms with E-state index in [1.54, 1.807) is 6.92 Å². The van der Waals surface area contributed by atoms with Crippen LogP contribution in [0.1, 0.15) is 26.7 Å². The SMILES string of the molecule is C=CCCC(C)C(C)(N)O.Cl. The molecule has 2 unspecified atom stereocenters. The Morgan fingerprint density at radius 2 is 2.18 bits per heavy atom. The predicted octanol–water partition coefficient (Wildman–Crippen LogP) is 1.68. The van der Waals surface area contributed by atoms with Crippen LogP contribution in [0.25, 0.3) is 0 Å². The highest BCUT2D eigenvalue weighted by Crippen LogP contribution is 2.15. The fourth-order valence-electron chi connectivity index (χ4n) is 0.660. The van der Waals surface area contributed by atoms with Gasteiger partial charge in [-0.2, -0.15) is 0 Å². The van der Waals surface area contributed by atoms with Gasteiger partial charge in [0.1, 0.15) is 5.72 Å². The molecule has 0 saturated heterocycles. The molecule has 0 saturated carbocycles. The number of allylic oxidation sites excluding steroid dienone is 1. The highest BCUT2D eigenvalue weighted by molar-refractivity contribution is 5.85. The van der Waals surface area contributed by atoms with Crippen molar-refractivity contribution in [2.45, 2.75) is 32.4 Å². The van der Waals surface area contributed by atoms with Crippen LogP contribution in [0.4, 0.5) is 0 Å². The van der Waals surface area contributed by atoms with Gasteiger partial charge in [-0.1, -0.05) is 13.0 Å². The van der Waals surface area contributed by atoms with E-state index < -0.39 is 5.72 Å². The van der Waals surface area contributed by atoms with E-state index >= 15 is 0 Å². The summed E-state index contributed by atoms with van der Waals surface area (Å²) in [5.41, 5.74) is 4.40. The van der Waals surface area contributed by atoms with Crippen LogP contribution in [-0.2, 0) is 0 Å². The molecule has 2 nitrogen and oxygen atoms in total. The highest BCUT2D eigenvalue weighted by Gasteiger charge is 2.21. The molecule has 0 aliphatic heterocycles. The Kier molecular flexibility index (Phi) is 6.87. The summed E-state index contributed by atoms with van der Waals surface area (Å²) in [7, 11) is 0. The first-order valence-corrected chi connectivity index (χ1v) is 3.60. The maximum atomic E-state index is 9.26. The smallest absolute Gasteiger partial charge is 0.113 e. The van der Waals surface area contributed by atoms with Gasteiger partial charge in [-0.3, -0.25) is 0 Å². The Morgan fingerprint density at radius 1 is 1.73 bits per heavy atom. The number of nitrogens with two attached hydrogens (primary N) is 1. The van der Waals surface area contributed by atoms with Gasteiger partial charge >= 0.3 is 0 Å². The van der Waals surface area contributed by atoms with Gasteiger partial charge in [-0.05, 0) is 25.7 Å². The molecule has 3 heteroatoms. The molecule has 0 aromatic rings. The van der Waals surface area contributed by atoms with Gasteiger partial charge in [0.2, 0.25) is 0 Å². The number of hydrogen-bond acceptors (Lipinski definition) is 2. The van der Waals surface area contributed by atoms with Gasteiger partial charge in [0.25, 0.3) is 0 Å². The van der Waals surface area contributed by atoms with Gasteiger partial charge in [-0.25, -0.2) is 0 Å². The molecule has 11 heavy (non-hydrogen) atoms. The van der Waals surface area contributed by atoms with E-state index in [1.165, 1.54) is 0 Å². The van der Waals surface area contributed by atoms with Gasteiger partial charge in [-0.15, -0.1) is 19.0 Å². The van der Waals surface area contributed by atoms with Crippen molar-refractivity contribution in [3.8, 4) is 0 Å². The van der Waals surface area contributed by atoms with Crippen LogP contribution in [0.3, 0.4) is 0 Å². The quantitative estimate of drug-likeness (QED) is 0.510. The van der Waals surface area contributed by atoms with Crippen LogP contribution in [0.2, 0.25) is 0 Å². The van der Waals surface area contributed by atoms with Gasteiger partial charge in [0.05, 0.1) is 0 Å². The van der Waals surface area contributed by atoms with E-state index in [9.17, 15) is 5.11 Å². The van der Waals surface area contributed by atoms with E-state index in [0.717, 1.165) is 12.8 Å². The third-order valence-corrected chi connectivity index (χ3v) is 1.80. The Labute approximate surface area is 74.9 Å². The Morgan fingerprint density at radius 3 is 2.45 bits per heavy atom. The van der Waals surface area contributed by atoms with Crippen molar-refractivity contribution in [3.05, 3.63) is 12.7 Å². The number of rotatable bonds is 4. The Hall–Kier alpha value is -0.0500. The lowest BCUT2D eigenvalue weighted by molar-refractivity contribution is 0.00951. The van der Waals surface area contributed by atoms with E-state index in [0.29, 0.717) is 0 Å². The standard InChI is InChI=1S/C8H17NO.ClH/c1-4-5-6-7(2)8(3,9)10;/h4,7,10H,1,5-6,9H2,2-3H3;1H. The maximum Gasteiger partial charge on any atom is 0.113 e. The second-order valence-electron chi connectivity index (χ2n) is 2.99. The largest absolute Gasteiger partial charge is 0.376 e. The molecule has 68 valence electrons. The summed E-state index contributed by atoms with van der Waals surface area (Å²) in [5, 5.41) is 9.26. The monoisotopic (exact) mass is 179 g/mol. The predicted molar refractivity (Wildman–Crippen MR) is 50.7 cm³/mol. The molecule has 0 rings (SSSR count). The average molecular weight is 180 g/mol. The summed E-state index contributed by atoms with van der Waals surface area (Å²) < 4.78 is 0. The first kappa shape index (κ1) is 13.5. The zero-order valence-corrected chi connectivity index (χ0v) is 8.03. The van der Waals surface area contributed by atoms with E-state index in [4.69, 9.17) is 5.73 Å². The van der Waals surface area contributed by atoms with Crippen LogP contribution in [-0.4, -0.2) is 10.8 Å². The lowest BCUT2D eigenvalue weighted by Crippen LogP contribution is -2.42. The second-order valence-corrected chi connectivity index (χ2v) is 2.99. The summed E-state index contributed by atoms with van der Waals surface area (Å²) in [6, 6.07) is 0. The van der Waals surface area contributed by atoms with Crippen LogP contribution < -0.4 is 5.73 Å². The molecule has 0 bridgehead atoms. The van der Waals surface area contributed by atoms with Crippen LogP contribution in [0.5, 0.6) is 0 Å². The van der Waals surface area contributed by atoms with Crippen molar-refractivity contribution in [2.24, 2.45) is 11.7 Å². The van der Waals surface area contributed by atoms with Crippen molar-refractivity contribution < 1.29 is 5.11 Å². The molecule has 3 N–H and O–H groups in total. The lowest BCUT2D eigenvalue weighted by atomic mass is 9.95. The number of halogens is 1. The van der Waals surface area contributed by atoms with Gasteiger partial charge in [0, 0.05) is 0 Å². The topological polar surface area (TPSA) is 46.2 Å². The molecule has 2 atom stereocenters. The van der Waals surface area contributed by atoms with Crippen molar-refractivity contribution in [1.29, 1.82) is 0 Å². The second kappa shape index (κ2) is 5.58. The molecule has 0 amide bonds. The van der Waals surface area contributed by atoms with Gasteiger partial charge < -0.3 is 10.8 Å². The normalized spacial score (nSPS) is 17.8. The third kappa shape index (κ3) is 6.35. The molecular weight excluding hydrogens is 162 g/mol. The van der Waals surface area contributed by atoms with E-state index in [-0.39, 0.29) is 18.3 Å². The summed E-state index contributed by atoms with van der Waals surface area (Å²) in [6.07, 6.45) is 3.64. The number of aliphatic hydroxyl groups is 1. The fraction of sp³-hybridized carbons (Fsp3) is 0.750. The van der Waals surface area contributed by atoms with Crippen LogP contribution >= 0.6 is 12.4 Å². The van der Waals surface area contributed by atoms with Gasteiger partial charge in [0.15, 0.2) is 0 Å². The number of hydrogen-bond donors (Lipinski definition) is 2. The minimum Gasteiger partial charge on any atom is -0.376 e. The van der Waals surface area contributed by atoms with Crippen molar-refractivity contribution >= 4 is 12.4 Å². The molecule has 0 aliphatic rings. The molecular formula is C8H18ClNO. The minimum absolute atomic E-state index is 0. The van der Waals surface area contributed by atoms with E-state index in [1.807, 2.05) is 13.0 Å². The van der Waals surface area contributed by atoms with E-state index in [2.05, 4.69) is 6.58 Å². The van der Waals surface area contributed by atoms with Crippen LogP contribution in [0.15, 0.2) is 12.7 Å².